The summed E-state index contributed by atoms with van der Waals surface area (Å²) in [5.74, 6) is -0.262. The van der Waals surface area contributed by atoms with E-state index in [9.17, 15) is 9.59 Å². The van der Waals surface area contributed by atoms with E-state index in [0.29, 0.717) is 11.8 Å². The maximum atomic E-state index is 13.0. The minimum atomic E-state index is -0.460. The summed E-state index contributed by atoms with van der Waals surface area (Å²) in [4.78, 5) is 26.9. The van der Waals surface area contributed by atoms with Crippen molar-refractivity contribution < 1.29 is 14.0 Å². The molecule has 1 aliphatic carbocycles. The molecule has 3 heterocycles. The van der Waals surface area contributed by atoms with Crippen molar-refractivity contribution in [3.8, 4) is 0 Å². The number of hydrogen-bond donors (Lipinski definition) is 1. The van der Waals surface area contributed by atoms with Gasteiger partial charge in [0.05, 0.1) is 12.8 Å². The average Bonchev–Trinajstić information content (AvgIpc) is 3.30. The van der Waals surface area contributed by atoms with Crippen LogP contribution in [0, 0.1) is 13.8 Å². The SMILES string of the molecule is Cc1cc(C=C2C(=O)NC(=S)N(Cc3ccco3)C2=O)c(C)n1C1CCCCC1. The molecule has 7 heteroatoms. The average molecular weight is 412 g/mol. The van der Waals surface area contributed by atoms with Crippen LogP contribution in [0.5, 0.6) is 0 Å². The Balaban J connectivity index is 1.65. The number of nitrogens with one attached hydrogen (secondary N) is 1. The molecule has 2 aromatic heterocycles. The molecule has 1 aliphatic heterocycles. The Bertz CT molecular complexity index is 981. The molecule has 0 radical (unpaired) electrons. The second-order valence-corrected chi connectivity index (χ2v) is 8.16. The predicted molar refractivity (Wildman–Crippen MR) is 114 cm³/mol. The van der Waals surface area contributed by atoms with Crippen LogP contribution in [0.3, 0.4) is 0 Å². The van der Waals surface area contributed by atoms with Crippen molar-refractivity contribution in [2.45, 2.75) is 58.5 Å². The maximum Gasteiger partial charge on any atom is 0.266 e. The number of carbonyl (C=O) groups excluding carboxylic acids is 2. The summed E-state index contributed by atoms with van der Waals surface area (Å²) in [6.07, 6.45) is 9.38. The smallest absolute Gasteiger partial charge is 0.266 e. The minimum Gasteiger partial charge on any atom is -0.467 e. The van der Waals surface area contributed by atoms with Gasteiger partial charge in [0.15, 0.2) is 5.11 Å². The number of nitrogens with zero attached hydrogens (tertiary/aromatic N) is 2. The van der Waals surface area contributed by atoms with Crippen LogP contribution in [0.4, 0.5) is 0 Å². The number of thiocarbonyl (C=S) groups is 1. The van der Waals surface area contributed by atoms with Crippen molar-refractivity contribution in [2.24, 2.45) is 0 Å². The normalized spacial score (nSPS) is 19.9. The zero-order valence-electron chi connectivity index (χ0n) is 16.7. The van der Waals surface area contributed by atoms with Gasteiger partial charge in [-0.25, -0.2) is 0 Å². The van der Waals surface area contributed by atoms with Crippen LogP contribution >= 0.6 is 12.2 Å². The van der Waals surface area contributed by atoms with Gasteiger partial charge in [-0.1, -0.05) is 19.3 Å². The fourth-order valence-electron chi connectivity index (χ4n) is 4.40. The molecule has 0 atom stereocenters. The molecule has 2 amide bonds. The summed E-state index contributed by atoms with van der Waals surface area (Å²) in [5, 5.41) is 2.73. The van der Waals surface area contributed by atoms with E-state index < -0.39 is 11.8 Å². The Morgan fingerprint density at radius 2 is 2.00 bits per heavy atom. The second-order valence-electron chi connectivity index (χ2n) is 7.78. The van der Waals surface area contributed by atoms with E-state index in [4.69, 9.17) is 16.6 Å². The fourth-order valence-corrected chi connectivity index (χ4v) is 4.64. The lowest BCUT2D eigenvalue weighted by atomic mass is 9.95. The molecular weight excluding hydrogens is 386 g/mol. The number of carbonyl (C=O) groups is 2. The molecule has 0 bridgehead atoms. The van der Waals surface area contributed by atoms with Gasteiger partial charge in [-0.15, -0.1) is 0 Å². The van der Waals surface area contributed by atoms with Crippen LogP contribution in [0.25, 0.3) is 6.08 Å². The first-order valence-corrected chi connectivity index (χ1v) is 10.5. The topological polar surface area (TPSA) is 67.5 Å². The number of furan rings is 1. The van der Waals surface area contributed by atoms with E-state index >= 15 is 0 Å². The highest BCUT2D eigenvalue weighted by Crippen LogP contribution is 2.33. The summed E-state index contributed by atoms with van der Waals surface area (Å²) in [6.45, 7) is 4.33. The number of aryl methyl sites for hydroxylation is 1. The quantitative estimate of drug-likeness (QED) is 0.469. The third-order valence-corrected chi connectivity index (χ3v) is 6.17. The summed E-state index contributed by atoms with van der Waals surface area (Å²) in [7, 11) is 0. The van der Waals surface area contributed by atoms with Gasteiger partial charge >= 0.3 is 0 Å². The first-order valence-electron chi connectivity index (χ1n) is 10.1. The molecule has 4 rings (SSSR count). The van der Waals surface area contributed by atoms with Crippen LogP contribution in [-0.4, -0.2) is 26.4 Å². The molecule has 1 saturated carbocycles. The van der Waals surface area contributed by atoms with Gasteiger partial charge in [-0.05, 0) is 68.7 Å². The monoisotopic (exact) mass is 411 g/mol. The standard InChI is InChI=1S/C22H25N3O3S/c1-14-11-16(15(2)25(14)17-7-4-3-5-8-17)12-19-20(26)23-22(29)24(21(19)27)13-18-9-6-10-28-18/h6,9-12,17H,3-5,7-8,13H2,1-2H3,(H,23,26,29). The Morgan fingerprint density at radius 1 is 1.24 bits per heavy atom. The zero-order chi connectivity index (χ0) is 20.5. The Morgan fingerprint density at radius 3 is 2.69 bits per heavy atom. The van der Waals surface area contributed by atoms with Crippen LogP contribution < -0.4 is 5.32 Å². The molecule has 152 valence electrons. The van der Waals surface area contributed by atoms with E-state index in [1.165, 1.54) is 37.0 Å². The first-order chi connectivity index (χ1) is 14.0. The molecule has 2 aromatic rings. The third-order valence-electron chi connectivity index (χ3n) is 5.84. The fraction of sp³-hybridized carbons (Fsp3) is 0.409. The molecule has 0 spiro atoms. The van der Waals surface area contributed by atoms with Gasteiger partial charge in [0.1, 0.15) is 11.3 Å². The van der Waals surface area contributed by atoms with Crippen molar-refractivity contribution in [1.82, 2.24) is 14.8 Å². The van der Waals surface area contributed by atoms with Crippen LogP contribution in [-0.2, 0) is 16.1 Å². The number of amides is 2. The molecule has 2 fully saturated rings. The number of rotatable bonds is 4. The van der Waals surface area contributed by atoms with E-state index in [1.807, 2.05) is 0 Å². The molecule has 6 nitrogen and oxygen atoms in total. The van der Waals surface area contributed by atoms with Crippen LogP contribution in [0.15, 0.2) is 34.5 Å². The largest absolute Gasteiger partial charge is 0.467 e. The lowest BCUT2D eigenvalue weighted by molar-refractivity contribution is -0.129. The highest BCUT2D eigenvalue weighted by atomic mass is 32.1. The second kappa shape index (κ2) is 7.99. The van der Waals surface area contributed by atoms with E-state index in [-0.39, 0.29) is 17.2 Å². The van der Waals surface area contributed by atoms with Gasteiger partial charge < -0.3 is 8.98 Å². The van der Waals surface area contributed by atoms with Gasteiger partial charge in [0, 0.05) is 17.4 Å². The summed E-state index contributed by atoms with van der Waals surface area (Å²) in [6, 6.07) is 6.08. The van der Waals surface area contributed by atoms with Crippen molar-refractivity contribution in [3.63, 3.8) is 0 Å². The third kappa shape index (κ3) is 3.79. The molecular formula is C22H25N3O3S. The summed E-state index contributed by atoms with van der Waals surface area (Å²) in [5.41, 5.74) is 3.24. The van der Waals surface area contributed by atoms with E-state index in [0.717, 1.165) is 17.0 Å². The molecule has 1 saturated heterocycles. The summed E-state index contributed by atoms with van der Waals surface area (Å²) < 4.78 is 7.69. The highest BCUT2D eigenvalue weighted by Gasteiger charge is 2.34. The summed E-state index contributed by atoms with van der Waals surface area (Å²) >= 11 is 5.21. The van der Waals surface area contributed by atoms with Crippen molar-refractivity contribution in [3.05, 3.63) is 52.7 Å². The van der Waals surface area contributed by atoms with Gasteiger partial charge in [0.2, 0.25) is 0 Å². The number of aromatic nitrogens is 1. The van der Waals surface area contributed by atoms with E-state index in [1.54, 1.807) is 24.5 Å². The Kier molecular flexibility index (Phi) is 5.41. The van der Waals surface area contributed by atoms with E-state index in [2.05, 4.69) is 29.8 Å². The van der Waals surface area contributed by atoms with Crippen molar-refractivity contribution in [2.75, 3.05) is 0 Å². The zero-order valence-corrected chi connectivity index (χ0v) is 17.6. The Hall–Kier alpha value is -2.67. The van der Waals surface area contributed by atoms with Crippen molar-refractivity contribution >= 4 is 35.2 Å². The van der Waals surface area contributed by atoms with Gasteiger partial charge in [-0.3, -0.25) is 19.8 Å². The number of hydrogen-bond acceptors (Lipinski definition) is 4. The lowest BCUT2D eigenvalue weighted by Crippen LogP contribution is -2.53. The van der Waals surface area contributed by atoms with Crippen LogP contribution in [0.1, 0.15) is 60.9 Å². The van der Waals surface area contributed by atoms with Crippen molar-refractivity contribution in [1.29, 1.82) is 0 Å². The van der Waals surface area contributed by atoms with Gasteiger partial charge in [0.25, 0.3) is 11.8 Å². The highest BCUT2D eigenvalue weighted by molar-refractivity contribution is 7.80. The Labute approximate surface area is 175 Å². The molecule has 1 N–H and O–H groups in total. The minimum absolute atomic E-state index is 0.0917. The predicted octanol–water partition coefficient (Wildman–Crippen LogP) is 4.03. The molecule has 29 heavy (non-hydrogen) atoms. The molecule has 2 aliphatic rings. The molecule has 0 aromatic carbocycles. The first kappa shape index (κ1) is 19.6. The molecule has 0 unspecified atom stereocenters. The lowest BCUT2D eigenvalue weighted by Gasteiger charge is -2.28. The van der Waals surface area contributed by atoms with Crippen LogP contribution in [0.2, 0.25) is 0 Å². The van der Waals surface area contributed by atoms with Gasteiger partial charge in [-0.2, -0.15) is 0 Å². The maximum absolute atomic E-state index is 13.0.